The summed E-state index contributed by atoms with van der Waals surface area (Å²) in [6.07, 6.45) is 2.88. The minimum Gasteiger partial charge on any atom is -0.373 e. The molecule has 2 heterocycles. The van der Waals surface area contributed by atoms with E-state index in [9.17, 15) is 0 Å². The van der Waals surface area contributed by atoms with Gasteiger partial charge in [0.1, 0.15) is 5.82 Å². The second kappa shape index (κ2) is 6.29. The van der Waals surface area contributed by atoms with Crippen molar-refractivity contribution in [1.82, 2.24) is 14.8 Å². The van der Waals surface area contributed by atoms with E-state index in [0.29, 0.717) is 0 Å². The van der Waals surface area contributed by atoms with Crippen LogP contribution in [0.3, 0.4) is 0 Å². The molecule has 1 saturated heterocycles. The second-order valence-electron chi connectivity index (χ2n) is 5.90. The molecule has 0 aromatic carbocycles. The van der Waals surface area contributed by atoms with Crippen molar-refractivity contribution in [2.45, 2.75) is 19.4 Å². The lowest BCUT2D eigenvalue weighted by Crippen LogP contribution is -2.46. The summed E-state index contributed by atoms with van der Waals surface area (Å²) in [5.41, 5.74) is 0.981. The van der Waals surface area contributed by atoms with Crippen LogP contribution in [-0.2, 0) is 6.54 Å². The molecule has 1 N–H and O–H groups in total. The minimum atomic E-state index is 0.768. The number of piperazine rings is 1. The molecule has 2 aliphatic rings. The summed E-state index contributed by atoms with van der Waals surface area (Å²) in [6.45, 7) is 6.76. The number of rotatable bonds is 5. The predicted molar refractivity (Wildman–Crippen MR) is 83.2 cm³/mol. The molecule has 0 spiro atoms. The van der Waals surface area contributed by atoms with Crippen molar-refractivity contribution in [2.75, 3.05) is 45.1 Å². The van der Waals surface area contributed by atoms with Gasteiger partial charge in [0.25, 0.3) is 0 Å². The lowest BCUT2D eigenvalue weighted by atomic mass is 10.2. The standard InChI is InChI=1S/C15H23ClN4/c1-17-15-5-4-13(16)14(18-15)11-20-8-6-19(7-9-20)10-12-2-3-12/h4-5,12H,2-3,6-11H2,1H3,(H,17,18). The molecule has 0 unspecified atom stereocenters. The van der Waals surface area contributed by atoms with E-state index in [0.717, 1.165) is 42.1 Å². The molecule has 0 amide bonds. The fourth-order valence-electron chi connectivity index (χ4n) is 2.74. The van der Waals surface area contributed by atoms with Crippen molar-refractivity contribution in [3.8, 4) is 0 Å². The fraction of sp³-hybridized carbons (Fsp3) is 0.667. The SMILES string of the molecule is CNc1ccc(Cl)c(CN2CCN(CC3CC3)CC2)n1. The van der Waals surface area contributed by atoms with E-state index >= 15 is 0 Å². The van der Waals surface area contributed by atoms with Crippen LogP contribution in [0.5, 0.6) is 0 Å². The maximum absolute atomic E-state index is 6.25. The monoisotopic (exact) mass is 294 g/mol. The van der Waals surface area contributed by atoms with Crippen molar-refractivity contribution in [3.63, 3.8) is 0 Å². The van der Waals surface area contributed by atoms with Crippen LogP contribution in [0, 0.1) is 5.92 Å². The van der Waals surface area contributed by atoms with Crippen LogP contribution in [-0.4, -0.2) is 54.6 Å². The summed E-state index contributed by atoms with van der Waals surface area (Å²) < 4.78 is 0. The van der Waals surface area contributed by atoms with Crippen molar-refractivity contribution in [2.24, 2.45) is 5.92 Å². The lowest BCUT2D eigenvalue weighted by molar-refractivity contribution is 0.122. The number of halogens is 1. The molecule has 1 aliphatic carbocycles. The molecule has 1 aliphatic heterocycles. The van der Waals surface area contributed by atoms with Gasteiger partial charge in [-0.05, 0) is 30.9 Å². The number of anilines is 1. The van der Waals surface area contributed by atoms with Crippen molar-refractivity contribution in [3.05, 3.63) is 22.8 Å². The van der Waals surface area contributed by atoms with Gasteiger partial charge in [0.15, 0.2) is 0 Å². The number of pyridine rings is 1. The molecule has 20 heavy (non-hydrogen) atoms. The van der Waals surface area contributed by atoms with Crippen LogP contribution >= 0.6 is 11.6 Å². The Labute approximate surface area is 126 Å². The first-order valence-corrected chi connectivity index (χ1v) is 7.90. The zero-order valence-corrected chi connectivity index (χ0v) is 12.9. The largest absolute Gasteiger partial charge is 0.373 e. The van der Waals surface area contributed by atoms with Crippen LogP contribution in [0.15, 0.2) is 12.1 Å². The van der Waals surface area contributed by atoms with Gasteiger partial charge in [0, 0.05) is 46.3 Å². The summed E-state index contributed by atoms with van der Waals surface area (Å²) in [5.74, 6) is 1.88. The number of nitrogens with one attached hydrogen (secondary N) is 1. The summed E-state index contributed by atoms with van der Waals surface area (Å²) in [5, 5.41) is 3.84. The van der Waals surface area contributed by atoms with Crippen molar-refractivity contribution < 1.29 is 0 Å². The first-order chi connectivity index (χ1) is 9.74. The molecule has 1 aromatic heterocycles. The Morgan fingerprint density at radius 2 is 1.90 bits per heavy atom. The van der Waals surface area contributed by atoms with E-state index in [4.69, 9.17) is 11.6 Å². The van der Waals surface area contributed by atoms with Gasteiger partial charge in [-0.3, -0.25) is 4.90 Å². The van der Waals surface area contributed by atoms with Crippen molar-refractivity contribution in [1.29, 1.82) is 0 Å². The fourth-order valence-corrected chi connectivity index (χ4v) is 2.91. The molecule has 1 saturated carbocycles. The Morgan fingerprint density at radius 1 is 1.20 bits per heavy atom. The molecular weight excluding hydrogens is 272 g/mol. The first-order valence-electron chi connectivity index (χ1n) is 7.52. The zero-order chi connectivity index (χ0) is 13.9. The normalized spacial score (nSPS) is 21.1. The maximum atomic E-state index is 6.25. The van der Waals surface area contributed by atoms with Gasteiger partial charge in [0.2, 0.25) is 0 Å². The van der Waals surface area contributed by atoms with E-state index in [1.807, 2.05) is 19.2 Å². The Kier molecular flexibility index (Phi) is 4.44. The highest BCUT2D eigenvalue weighted by Crippen LogP contribution is 2.30. The minimum absolute atomic E-state index is 0.768. The van der Waals surface area contributed by atoms with Crippen LogP contribution in [0.25, 0.3) is 0 Å². The molecular formula is C15H23ClN4. The topological polar surface area (TPSA) is 31.4 Å². The quantitative estimate of drug-likeness (QED) is 0.903. The molecule has 4 nitrogen and oxygen atoms in total. The smallest absolute Gasteiger partial charge is 0.126 e. The second-order valence-corrected chi connectivity index (χ2v) is 6.30. The third kappa shape index (κ3) is 3.62. The molecule has 5 heteroatoms. The number of nitrogens with zero attached hydrogens (tertiary/aromatic N) is 3. The van der Waals surface area contributed by atoms with Crippen LogP contribution in [0.4, 0.5) is 5.82 Å². The summed E-state index contributed by atoms with van der Waals surface area (Å²) >= 11 is 6.25. The van der Waals surface area contributed by atoms with E-state index in [1.54, 1.807) is 0 Å². The molecule has 2 fully saturated rings. The van der Waals surface area contributed by atoms with E-state index < -0.39 is 0 Å². The highest BCUT2D eigenvalue weighted by Gasteiger charge is 2.26. The molecule has 0 bridgehead atoms. The highest BCUT2D eigenvalue weighted by atomic mass is 35.5. The third-order valence-corrected chi connectivity index (χ3v) is 4.57. The Bertz CT molecular complexity index is 453. The molecule has 0 atom stereocenters. The number of hydrogen-bond acceptors (Lipinski definition) is 4. The molecule has 110 valence electrons. The summed E-state index contributed by atoms with van der Waals surface area (Å²) in [7, 11) is 1.89. The van der Waals surface area contributed by atoms with Crippen LogP contribution in [0.2, 0.25) is 5.02 Å². The van der Waals surface area contributed by atoms with Gasteiger partial charge in [-0.25, -0.2) is 4.98 Å². The zero-order valence-electron chi connectivity index (χ0n) is 12.1. The number of aromatic nitrogens is 1. The van der Waals surface area contributed by atoms with Gasteiger partial charge in [-0.1, -0.05) is 11.6 Å². The van der Waals surface area contributed by atoms with Gasteiger partial charge in [0.05, 0.1) is 10.7 Å². The van der Waals surface area contributed by atoms with Gasteiger partial charge in [-0.2, -0.15) is 0 Å². The maximum Gasteiger partial charge on any atom is 0.126 e. The molecule has 0 radical (unpaired) electrons. The Morgan fingerprint density at radius 3 is 2.55 bits per heavy atom. The molecule has 3 rings (SSSR count). The van der Waals surface area contributed by atoms with E-state index in [-0.39, 0.29) is 0 Å². The predicted octanol–water partition coefficient (Wildman–Crippen LogP) is 2.30. The van der Waals surface area contributed by atoms with Gasteiger partial charge in [-0.15, -0.1) is 0 Å². The Hall–Kier alpha value is -0.840. The third-order valence-electron chi connectivity index (χ3n) is 4.23. The summed E-state index contributed by atoms with van der Waals surface area (Å²) in [4.78, 5) is 9.62. The Balaban J connectivity index is 1.53. The van der Waals surface area contributed by atoms with Crippen LogP contribution < -0.4 is 5.32 Å². The highest BCUT2D eigenvalue weighted by molar-refractivity contribution is 6.31. The summed E-state index contributed by atoms with van der Waals surface area (Å²) in [6, 6.07) is 3.85. The van der Waals surface area contributed by atoms with Crippen molar-refractivity contribution >= 4 is 17.4 Å². The van der Waals surface area contributed by atoms with Gasteiger partial charge < -0.3 is 10.2 Å². The van der Waals surface area contributed by atoms with Crippen LogP contribution in [0.1, 0.15) is 18.5 Å². The van der Waals surface area contributed by atoms with Gasteiger partial charge >= 0.3 is 0 Å². The van der Waals surface area contributed by atoms with E-state index in [2.05, 4.69) is 20.1 Å². The number of hydrogen-bond donors (Lipinski definition) is 1. The average molecular weight is 295 g/mol. The van der Waals surface area contributed by atoms with E-state index in [1.165, 1.54) is 32.5 Å². The lowest BCUT2D eigenvalue weighted by Gasteiger charge is -2.34. The molecule has 1 aromatic rings. The first kappa shape index (κ1) is 14.1. The average Bonchev–Trinajstić information content (AvgIpc) is 3.27.